The molecule has 0 bridgehead atoms. The Balaban J connectivity index is 2.80. The molecule has 2 N–H and O–H groups in total. The van der Waals surface area contributed by atoms with Gasteiger partial charge in [-0.25, -0.2) is 0 Å². The fourth-order valence-corrected chi connectivity index (χ4v) is 1.30. The molecule has 0 aliphatic heterocycles. The van der Waals surface area contributed by atoms with Gasteiger partial charge in [-0.3, -0.25) is 0 Å². The van der Waals surface area contributed by atoms with Crippen LogP contribution in [-0.4, -0.2) is 21.2 Å². The normalized spacial score (nSPS) is 13.2. The molecule has 0 aliphatic carbocycles. The van der Waals surface area contributed by atoms with E-state index >= 15 is 0 Å². The maximum atomic E-state index is 8.92. The van der Waals surface area contributed by atoms with Crippen molar-refractivity contribution in [2.24, 2.45) is 0 Å². The molecule has 0 radical (unpaired) electrons. The van der Waals surface area contributed by atoms with Crippen molar-refractivity contribution in [3.63, 3.8) is 0 Å². The van der Waals surface area contributed by atoms with E-state index < -0.39 is 0 Å². The van der Waals surface area contributed by atoms with Crippen molar-refractivity contribution in [3.8, 4) is 0 Å². The molecule has 0 saturated heterocycles. The van der Waals surface area contributed by atoms with Crippen LogP contribution in [0.25, 0.3) is 0 Å². The summed E-state index contributed by atoms with van der Waals surface area (Å²) in [6, 6.07) is 0. The Kier molecular flexibility index (Phi) is 9.23. The molecule has 0 aromatic carbocycles. The van der Waals surface area contributed by atoms with Crippen LogP contribution in [0.3, 0.4) is 0 Å². The topological polar surface area (TPSA) is 40.5 Å². The minimum atomic E-state index is -0.146. The molecule has 1 atom stereocenters. The van der Waals surface area contributed by atoms with Crippen molar-refractivity contribution in [2.45, 2.75) is 42.9 Å². The van der Waals surface area contributed by atoms with E-state index in [4.69, 9.17) is 10.2 Å². The van der Waals surface area contributed by atoms with Crippen molar-refractivity contribution in [2.75, 3.05) is 6.61 Å². The zero-order valence-corrected chi connectivity index (χ0v) is 8.48. The van der Waals surface area contributed by atoms with Gasteiger partial charge in [0.2, 0.25) is 0 Å². The van der Waals surface area contributed by atoms with E-state index in [-0.39, 0.29) is 4.41 Å². The molecule has 0 amide bonds. The molecule has 0 saturated carbocycles. The average molecular weight is 193 g/mol. The molecule has 11 heavy (non-hydrogen) atoms. The number of hydrogen-bond acceptors (Lipinski definition) is 2. The third-order valence-corrected chi connectivity index (χ3v) is 2.09. The zero-order valence-electron chi connectivity index (χ0n) is 6.92. The van der Waals surface area contributed by atoms with E-state index in [0.29, 0.717) is 6.61 Å². The third-order valence-electron chi connectivity index (χ3n) is 1.64. The Morgan fingerprint density at radius 2 is 1.55 bits per heavy atom. The second kappa shape index (κ2) is 8.73. The number of unbranched alkanes of at least 4 members (excludes halogenated alkanes) is 4. The number of aliphatic hydroxyl groups is 2. The fourth-order valence-electron chi connectivity index (χ4n) is 0.980. The van der Waals surface area contributed by atoms with Crippen molar-refractivity contribution >= 4 is 0 Å². The third kappa shape index (κ3) is 10.6. The monoisotopic (exact) mass is 193 g/mol. The van der Waals surface area contributed by atoms with Gasteiger partial charge in [-0.05, 0) is 0 Å². The zero-order chi connectivity index (χ0) is 8.53. The van der Waals surface area contributed by atoms with Crippen LogP contribution in [0.4, 0.5) is 0 Å². The predicted octanol–water partition coefficient (Wildman–Crippen LogP) is 1.18. The standard InChI is InChI=1S/C8H17O2.Ti/c9-7-5-3-1-2-4-6-8-10;/h7,9-10H,1-6,8H2;. The molecule has 0 spiro atoms. The summed E-state index contributed by atoms with van der Waals surface area (Å²) in [5.41, 5.74) is 0. The van der Waals surface area contributed by atoms with Crippen LogP contribution >= 0.6 is 0 Å². The Bertz CT molecular complexity index is 76.5. The molecule has 2 nitrogen and oxygen atoms in total. The first-order valence-corrected chi connectivity index (χ1v) is 5.17. The first-order chi connectivity index (χ1) is 5.27. The first-order valence-electron chi connectivity index (χ1n) is 4.27. The summed E-state index contributed by atoms with van der Waals surface area (Å²) in [6.45, 7) is 0.316. The second-order valence-corrected chi connectivity index (χ2v) is 3.84. The van der Waals surface area contributed by atoms with Gasteiger partial charge >= 0.3 is 80.2 Å². The average Bonchev–Trinajstić information content (AvgIpc) is 1.96. The van der Waals surface area contributed by atoms with Crippen LogP contribution in [0.5, 0.6) is 0 Å². The second-order valence-electron chi connectivity index (χ2n) is 2.80. The fraction of sp³-hybridized carbons (Fsp3) is 1.00. The van der Waals surface area contributed by atoms with Gasteiger partial charge in [0.15, 0.2) is 0 Å². The summed E-state index contributed by atoms with van der Waals surface area (Å²) in [6.07, 6.45) is 6.45. The Morgan fingerprint density at radius 1 is 1.00 bits per heavy atom. The first kappa shape index (κ1) is 11.6. The molecule has 0 aromatic rings. The van der Waals surface area contributed by atoms with E-state index in [1.807, 2.05) is 20.4 Å². The van der Waals surface area contributed by atoms with E-state index in [2.05, 4.69) is 0 Å². The van der Waals surface area contributed by atoms with Crippen LogP contribution in [0, 0.1) is 0 Å². The summed E-state index contributed by atoms with van der Waals surface area (Å²) in [4.78, 5) is 0. The van der Waals surface area contributed by atoms with E-state index in [0.717, 1.165) is 25.7 Å². The number of hydrogen-bond donors (Lipinski definition) is 2. The summed E-state index contributed by atoms with van der Waals surface area (Å²) in [5, 5.41) is 17.4. The van der Waals surface area contributed by atoms with Gasteiger partial charge in [-0.2, -0.15) is 0 Å². The van der Waals surface area contributed by atoms with Crippen molar-refractivity contribution in [1.29, 1.82) is 0 Å². The molecule has 3 heteroatoms. The molecular formula is C8H17O2Ti. The Hall–Kier alpha value is 0.634. The molecule has 0 aliphatic rings. The van der Waals surface area contributed by atoms with Crippen molar-refractivity contribution in [3.05, 3.63) is 0 Å². The minimum absolute atomic E-state index is 0.146. The van der Waals surface area contributed by atoms with Crippen LogP contribution in [0.15, 0.2) is 0 Å². The van der Waals surface area contributed by atoms with E-state index in [1.165, 1.54) is 12.8 Å². The molecule has 0 aromatic heterocycles. The summed E-state index contributed by atoms with van der Waals surface area (Å²) in [7, 11) is 0. The molecule has 1 unspecified atom stereocenters. The number of rotatable bonds is 7. The van der Waals surface area contributed by atoms with Crippen LogP contribution in [-0.2, 0) is 20.4 Å². The van der Waals surface area contributed by atoms with Crippen LogP contribution in [0.2, 0.25) is 0 Å². The quantitative estimate of drug-likeness (QED) is 0.470. The molecule has 0 rings (SSSR count). The summed E-state index contributed by atoms with van der Waals surface area (Å²) in [5.74, 6) is 0. The van der Waals surface area contributed by atoms with Crippen LogP contribution < -0.4 is 0 Å². The molecule has 65 valence electrons. The maximum absolute atomic E-state index is 8.92. The summed E-state index contributed by atoms with van der Waals surface area (Å²) < 4.78 is -0.146. The molecule has 0 fully saturated rings. The van der Waals surface area contributed by atoms with Crippen LogP contribution in [0.1, 0.15) is 38.5 Å². The molecule has 0 heterocycles. The van der Waals surface area contributed by atoms with Gasteiger partial charge in [-0.15, -0.1) is 0 Å². The van der Waals surface area contributed by atoms with E-state index in [9.17, 15) is 0 Å². The van der Waals surface area contributed by atoms with Crippen molar-refractivity contribution < 1.29 is 30.6 Å². The van der Waals surface area contributed by atoms with Gasteiger partial charge in [0.05, 0.1) is 0 Å². The molecular weight excluding hydrogens is 176 g/mol. The van der Waals surface area contributed by atoms with Crippen molar-refractivity contribution in [1.82, 2.24) is 0 Å². The van der Waals surface area contributed by atoms with Gasteiger partial charge in [0.25, 0.3) is 0 Å². The van der Waals surface area contributed by atoms with Gasteiger partial charge in [-0.1, -0.05) is 0 Å². The predicted molar refractivity (Wildman–Crippen MR) is 40.8 cm³/mol. The van der Waals surface area contributed by atoms with Gasteiger partial charge in [0, 0.05) is 0 Å². The summed E-state index contributed by atoms with van der Waals surface area (Å²) >= 11 is 1.83. The number of aliphatic hydroxyl groups excluding tert-OH is 2. The SMILES string of the molecule is OCCCCCCC[CH](O)[Ti]. The van der Waals surface area contributed by atoms with E-state index in [1.54, 1.807) is 0 Å². The Morgan fingerprint density at radius 3 is 2.09 bits per heavy atom. The van der Waals surface area contributed by atoms with Gasteiger partial charge in [0.1, 0.15) is 0 Å². The van der Waals surface area contributed by atoms with Gasteiger partial charge < -0.3 is 0 Å². The Labute approximate surface area is 80.4 Å².